The van der Waals surface area contributed by atoms with Gasteiger partial charge in [0.15, 0.2) is 0 Å². The van der Waals surface area contributed by atoms with Gasteiger partial charge in [-0.25, -0.2) is 0 Å². The van der Waals surface area contributed by atoms with Crippen molar-refractivity contribution in [2.75, 3.05) is 0 Å². The van der Waals surface area contributed by atoms with Crippen LogP contribution >= 0.6 is 0 Å². The van der Waals surface area contributed by atoms with Crippen LogP contribution in [0.2, 0.25) is 0 Å². The van der Waals surface area contributed by atoms with Crippen LogP contribution in [0, 0.1) is 22.7 Å². The zero-order valence-electron chi connectivity index (χ0n) is 17.3. The first-order chi connectivity index (χ1) is 10.5. The predicted octanol–water partition coefficient (Wildman–Crippen LogP) is 6.62. The lowest BCUT2D eigenvalue weighted by Gasteiger charge is -2.44. The van der Waals surface area contributed by atoms with E-state index in [-0.39, 0.29) is 29.3 Å². The molecular formula is C21H42O2. The molecule has 0 amide bonds. The Balaban J connectivity index is 4.96. The highest BCUT2D eigenvalue weighted by atomic mass is 16.5. The summed E-state index contributed by atoms with van der Waals surface area (Å²) in [6.07, 6.45) is 6.90. The van der Waals surface area contributed by atoms with Gasteiger partial charge in [0.2, 0.25) is 0 Å². The molecule has 0 rings (SSSR count). The van der Waals surface area contributed by atoms with Gasteiger partial charge >= 0.3 is 5.97 Å². The fourth-order valence-corrected chi connectivity index (χ4v) is 3.24. The zero-order valence-corrected chi connectivity index (χ0v) is 17.3. The van der Waals surface area contributed by atoms with Crippen molar-refractivity contribution in [1.29, 1.82) is 0 Å². The van der Waals surface area contributed by atoms with Crippen LogP contribution in [0.4, 0.5) is 0 Å². The van der Waals surface area contributed by atoms with E-state index in [4.69, 9.17) is 4.74 Å². The fraction of sp³-hybridized carbons (Fsp3) is 0.952. The number of rotatable bonds is 10. The second-order valence-electron chi connectivity index (χ2n) is 8.81. The van der Waals surface area contributed by atoms with E-state index in [1.807, 2.05) is 0 Å². The molecule has 3 atom stereocenters. The van der Waals surface area contributed by atoms with Crippen molar-refractivity contribution in [2.45, 2.75) is 107 Å². The summed E-state index contributed by atoms with van der Waals surface area (Å²) in [5.41, 5.74) is -0.351. The number of hydrogen-bond acceptors (Lipinski definition) is 2. The topological polar surface area (TPSA) is 26.3 Å². The van der Waals surface area contributed by atoms with Crippen LogP contribution in [0.3, 0.4) is 0 Å². The van der Waals surface area contributed by atoms with Crippen molar-refractivity contribution >= 4 is 5.97 Å². The second kappa shape index (κ2) is 9.69. The van der Waals surface area contributed by atoms with Gasteiger partial charge in [-0.15, -0.1) is 0 Å². The smallest absolute Gasteiger partial charge is 0.312 e. The van der Waals surface area contributed by atoms with E-state index in [1.54, 1.807) is 0 Å². The van der Waals surface area contributed by atoms with Crippen LogP contribution in [0.25, 0.3) is 0 Å². The van der Waals surface area contributed by atoms with Crippen molar-refractivity contribution in [3.63, 3.8) is 0 Å². The molecule has 2 heteroatoms. The average molecular weight is 327 g/mol. The van der Waals surface area contributed by atoms with E-state index in [2.05, 4.69) is 62.3 Å². The quantitative estimate of drug-likeness (QED) is 0.333. The van der Waals surface area contributed by atoms with Gasteiger partial charge in [0.25, 0.3) is 0 Å². The number of carbonyl (C=O) groups is 1. The third-order valence-electron chi connectivity index (χ3n) is 5.95. The maximum absolute atomic E-state index is 13.0. The van der Waals surface area contributed by atoms with Crippen LogP contribution in [-0.4, -0.2) is 12.1 Å². The van der Waals surface area contributed by atoms with Gasteiger partial charge in [-0.1, -0.05) is 74.7 Å². The van der Waals surface area contributed by atoms with E-state index in [1.165, 1.54) is 19.3 Å². The summed E-state index contributed by atoms with van der Waals surface area (Å²) in [5, 5.41) is 0. The molecule has 0 aliphatic heterocycles. The van der Waals surface area contributed by atoms with E-state index >= 15 is 0 Å². The summed E-state index contributed by atoms with van der Waals surface area (Å²) in [6, 6.07) is 0. The molecule has 0 saturated carbocycles. The minimum Gasteiger partial charge on any atom is -0.462 e. The molecular weight excluding hydrogens is 284 g/mol. The monoisotopic (exact) mass is 326 g/mol. The molecule has 0 N–H and O–H groups in total. The first kappa shape index (κ1) is 22.5. The predicted molar refractivity (Wildman–Crippen MR) is 100 cm³/mol. The van der Waals surface area contributed by atoms with Crippen LogP contribution in [0.15, 0.2) is 0 Å². The van der Waals surface area contributed by atoms with E-state index in [0.29, 0.717) is 0 Å². The summed E-state index contributed by atoms with van der Waals surface area (Å²) in [5.74, 6) is 0.527. The summed E-state index contributed by atoms with van der Waals surface area (Å²) in [6.45, 7) is 19.6. The fourth-order valence-electron chi connectivity index (χ4n) is 3.24. The van der Waals surface area contributed by atoms with Crippen molar-refractivity contribution in [1.82, 2.24) is 0 Å². The lowest BCUT2D eigenvalue weighted by Crippen LogP contribution is -2.46. The number of ether oxygens (including phenoxy) is 1. The van der Waals surface area contributed by atoms with Crippen molar-refractivity contribution in [3.8, 4) is 0 Å². The molecule has 138 valence electrons. The van der Waals surface area contributed by atoms with Crippen LogP contribution in [-0.2, 0) is 9.53 Å². The Kier molecular flexibility index (Phi) is 9.47. The van der Waals surface area contributed by atoms with Crippen molar-refractivity contribution in [2.24, 2.45) is 22.7 Å². The molecule has 0 aromatic heterocycles. The molecule has 0 bridgehead atoms. The van der Waals surface area contributed by atoms with Crippen molar-refractivity contribution in [3.05, 3.63) is 0 Å². The highest BCUT2D eigenvalue weighted by Gasteiger charge is 2.47. The molecule has 2 nitrogen and oxygen atoms in total. The van der Waals surface area contributed by atoms with E-state index in [9.17, 15) is 4.79 Å². The lowest BCUT2D eigenvalue weighted by molar-refractivity contribution is -0.171. The maximum Gasteiger partial charge on any atom is 0.312 e. The molecule has 0 heterocycles. The molecule has 0 aliphatic rings. The van der Waals surface area contributed by atoms with Crippen LogP contribution in [0.5, 0.6) is 0 Å². The largest absolute Gasteiger partial charge is 0.462 e. The standard InChI is InChI=1S/C21H42O2/c1-10-12-13-14-15-18(11-2)23-19(22)21(9,16(3)4)17(5)20(6,7)8/h16-18H,10-15H2,1-9H3. The Morgan fingerprint density at radius 3 is 1.91 bits per heavy atom. The molecule has 0 aromatic carbocycles. The average Bonchev–Trinajstić information content (AvgIpc) is 2.47. The highest BCUT2D eigenvalue weighted by molar-refractivity contribution is 5.77. The molecule has 0 aromatic rings. The van der Waals surface area contributed by atoms with Gasteiger partial charge in [0, 0.05) is 0 Å². The van der Waals surface area contributed by atoms with Crippen LogP contribution < -0.4 is 0 Å². The molecule has 0 saturated heterocycles. The zero-order chi connectivity index (χ0) is 18.3. The summed E-state index contributed by atoms with van der Waals surface area (Å²) in [7, 11) is 0. The number of hydrogen-bond donors (Lipinski definition) is 0. The SMILES string of the molecule is CCCCCCC(CC)OC(=O)C(C)(C(C)C)C(C)C(C)(C)C. The van der Waals surface area contributed by atoms with Gasteiger partial charge < -0.3 is 4.74 Å². The molecule has 0 aliphatic carbocycles. The summed E-state index contributed by atoms with van der Waals surface area (Å²) in [4.78, 5) is 13.0. The highest BCUT2D eigenvalue weighted by Crippen LogP contribution is 2.46. The minimum atomic E-state index is -0.435. The van der Waals surface area contributed by atoms with Gasteiger partial charge in [0.05, 0.1) is 5.41 Å². The summed E-state index contributed by atoms with van der Waals surface area (Å²) >= 11 is 0. The lowest BCUT2D eigenvalue weighted by atomic mass is 9.61. The Bertz CT molecular complexity index is 340. The molecule has 0 spiro atoms. The maximum atomic E-state index is 13.0. The van der Waals surface area contributed by atoms with Crippen LogP contribution in [0.1, 0.15) is 101 Å². The third kappa shape index (κ3) is 6.47. The first-order valence-electron chi connectivity index (χ1n) is 9.72. The number of esters is 1. The Morgan fingerprint density at radius 1 is 0.957 bits per heavy atom. The minimum absolute atomic E-state index is 0.00253. The second-order valence-corrected chi connectivity index (χ2v) is 8.81. The van der Waals surface area contributed by atoms with Gasteiger partial charge in [0.1, 0.15) is 6.10 Å². The molecule has 0 fully saturated rings. The van der Waals surface area contributed by atoms with E-state index < -0.39 is 5.41 Å². The molecule has 3 unspecified atom stereocenters. The Morgan fingerprint density at radius 2 is 1.52 bits per heavy atom. The van der Waals surface area contributed by atoms with Gasteiger partial charge in [-0.05, 0) is 43.4 Å². The molecule has 0 radical (unpaired) electrons. The van der Waals surface area contributed by atoms with Gasteiger partial charge in [-0.2, -0.15) is 0 Å². The van der Waals surface area contributed by atoms with Gasteiger partial charge in [-0.3, -0.25) is 4.79 Å². The number of carbonyl (C=O) groups excluding carboxylic acids is 1. The number of unbranched alkanes of at least 4 members (excludes halogenated alkanes) is 3. The normalized spacial score (nSPS) is 17.7. The van der Waals surface area contributed by atoms with Crippen molar-refractivity contribution < 1.29 is 9.53 Å². The Hall–Kier alpha value is -0.530. The third-order valence-corrected chi connectivity index (χ3v) is 5.95. The summed E-state index contributed by atoms with van der Waals surface area (Å²) < 4.78 is 5.98. The molecule has 23 heavy (non-hydrogen) atoms. The van der Waals surface area contributed by atoms with E-state index in [0.717, 1.165) is 19.3 Å². The first-order valence-corrected chi connectivity index (χ1v) is 9.72. The Labute approximate surface area is 145 Å².